The van der Waals surface area contributed by atoms with Gasteiger partial charge in [-0.2, -0.15) is 5.10 Å². The normalized spacial score (nSPS) is 12.8. The number of benzene rings is 2. The Morgan fingerprint density at radius 1 is 1.05 bits per heavy atom. The van der Waals surface area contributed by atoms with Gasteiger partial charge in [0.15, 0.2) is 5.82 Å². The lowest BCUT2D eigenvalue weighted by molar-refractivity contribution is -0.383. The molecule has 0 radical (unpaired) electrons. The van der Waals surface area contributed by atoms with Gasteiger partial charge in [0.2, 0.25) is 5.82 Å². The zero-order valence-electron chi connectivity index (χ0n) is 24.1. The summed E-state index contributed by atoms with van der Waals surface area (Å²) in [6.07, 6.45) is 1.81. The number of aromatic nitrogens is 3. The number of anilines is 2. The zero-order chi connectivity index (χ0) is 29.4. The lowest BCUT2D eigenvalue weighted by atomic mass is 10.1. The van der Waals surface area contributed by atoms with Crippen molar-refractivity contribution in [3.63, 3.8) is 0 Å². The van der Waals surface area contributed by atoms with Gasteiger partial charge in [0.05, 0.1) is 38.1 Å². The molecule has 0 amide bonds. The van der Waals surface area contributed by atoms with Gasteiger partial charge >= 0.3 is 5.69 Å². The summed E-state index contributed by atoms with van der Waals surface area (Å²) >= 11 is 0. The van der Waals surface area contributed by atoms with Crippen LogP contribution in [0.15, 0.2) is 60.8 Å². The quantitative estimate of drug-likeness (QED) is 0.205. The molecule has 0 spiro atoms. The van der Waals surface area contributed by atoms with Crippen molar-refractivity contribution >= 4 is 17.2 Å². The second-order valence-electron chi connectivity index (χ2n) is 9.10. The highest BCUT2D eigenvalue weighted by Crippen LogP contribution is 2.37. The third-order valence-electron chi connectivity index (χ3n) is 6.57. The van der Waals surface area contributed by atoms with E-state index in [0.29, 0.717) is 49.3 Å². The standard InChI is InChI=1S/C28H30N6O5.C2H6/c1-19-5-4-6-20(15-19)23-9-10-33(31-23)26-17-24(32-11-13-39-14-12-32)27(34(35)36)28(30-26)29-18-21-7-8-22(37-2)16-25(21)38-3;1-2/h4-10,15-17H,11-14,18H2,1-3H3,(H,29,30);1-2H3. The third kappa shape index (κ3) is 6.75. The minimum atomic E-state index is -0.392. The van der Waals surface area contributed by atoms with Crippen molar-refractivity contribution in [1.82, 2.24) is 14.8 Å². The number of rotatable bonds is 9. The maximum Gasteiger partial charge on any atom is 0.334 e. The molecule has 41 heavy (non-hydrogen) atoms. The van der Waals surface area contributed by atoms with Crippen molar-refractivity contribution in [1.29, 1.82) is 0 Å². The molecule has 0 aliphatic carbocycles. The van der Waals surface area contributed by atoms with Gasteiger partial charge in [-0.05, 0) is 31.2 Å². The van der Waals surface area contributed by atoms with Gasteiger partial charge in [-0.1, -0.05) is 37.6 Å². The molecule has 0 bridgehead atoms. The number of hydrogen-bond acceptors (Lipinski definition) is 9. The van der Waals surface area contributed by atoms with Gasteiger partial charge in [-0.15, -0.1) is 0 Å². The molecule has 0 saturated carbocycles. The summed E-state index contributed by atoms with van der Waals surface area (Å²) < 4.78 is 17.9. The highest BCUT2D eigenvalue weighted by atomic mass is 16.6. The molecule has 1 saturated heterocycles. The first-order valence-electron chi connectivity index (χ1n) is 13.6. The van der Waals surface area contributed by atoms with Crippen LogP contribution in [0, 0.1) is 17.0 Å². The van der Waals surface area contributed by atoms with Crippen molar-refractivity contribution in [3.8, 4) is 28.6 Å². The van der Waals surface area contributed by atoms with Gasteiger partial charge < -0.3 is 24.4 Å². The topological polar surface area (TPSA) is 117 Å². The van der Waals surface area contributed by atoms with E-state index in [1.807, 2.05) is 68.3 Å². The predicted octanol–water partition coefficient (Wildman–Crippen LogP) is 5.64. The molecule has 4 aromatic rings. The molecule has 5 rings (SSSR count). The lowest BCUT2D eigenvalue weighted by Gasteiger charge is -2.29. The number of nitrogens with zero attached hydrogens (tertiary/aromatic N) is 5. The van der Waals surface area contributed by atoms with Gasteiger partial charge in [-0.25, -0.2) is 9.67 Å². The Labute approximate surface area is 239 Å². The van der Waals surface area contributed by atoms with Crippen LogP contribution in [0.5, 0.6) is 11.5 Å². The number of aryl methyl sites for hydroxylation is 1. The Kier molecular flexibility index (Phi) is 9.75. The Morgan fingerprint density at radius 2 is 1.83 bits per heavy atom. The molecule has 0 atom stereocenters. The van der Waals surface area contributed by atoms with E-state index < -0.39 is 4.92 Å². The minimum Gasteiger partial charge on any atom is -0.497 e. The number of methoxy groups -OCH3 is 2. The fourth-order valence-electron chi connectivity index (χ4n) is 4.56. The Hall–Kier alpha value is -4.64. The van der Waals surface area contributed by atoms with Crippen LogP contribution in [0.3, 0.4) is 0 Å². The molecule has 3 heterocycles. The summed E-state index contributed by atoms with van der Waals surface area (Å²) in [6, 6.07) is 17.1. The summed E-state index contributed by atoms with van der Waals surface area (Å²) in [7, 11) is 3.15. The summed E-state index contributed by atoms with van der Waals surface area (Å²) in [5, 5.41) is 20.3. The van der Waals surface area contributed by atoms with E-state index in [1.165, 1.54) is 0 Å². The molecule has 1 fully saturated rings. The van der Waals surface area contributed by atoms with Crippen LogP contribution in [0.25, 0.3) is 17.1 Å². The average molecular weight is 561 g/mol. The van der Waals surface area contributed by atoms with Crippen molar-refractivity contribution in [2.24, 2.45) is 0 Å². The Balaban J connectivity index is 0.00000189. The lowest BCUT2D eigenvalue weighted by Crippen LogP contribution is -2.36. The first-order valence-corrected chi connectivity index (χ1v) is 13.6. The van der Waals surface area contributed by atoms with Crippen LogP contribution in [0.2, 0.25) is 0 Å². The largest absolute Gasteiger partial charge is 0.497 e. The van der Waals surface area contributed by atoms with Crippen LogP contribution >= 0.6 is 0 Å². The molecular formula is C30H36N6O5. The first-order chi connectivity index (χ1) is 20.0. The van der Waals surface area contributed by atoms with E-state index in [4.69, 9.17) is 19.3 Å². The van der Waals surface area contributed by atoms with E-state index in [-0.39, 0.29) is 18.1 Å². The van der Waals surface area contributed by atoms with Crippen molar-refractivity contribution in [2.45, 2.75) is 27.3 Å². The molecule has 1 aliphatic rings. The SMILES string of the molecule is CC.COc1ccc(CNc2nc(-n3ccc(-c4cccc(C)c4)n3)cc(N3CCOCC3)c2[N+](=O)[O-])c(OC)c1. The van der Waals surface area contributed by atoms with Crippen LogP contribution in [-0.4, -0.2) is 60.2 Å². The molecular weight excluding hydrogens is 524 g/mol. The number of hydrogen-bond donors (Lipinski definition) is 1. The second kappa shape index (κ2) is 13.6. The maximum absolute atomic E-state index is 12.4. The van der Waals surface area contributed by atoms with Crippen molar-refractivity contribution in [3.05, 3.63) is 82.0 Å². The Morgan fingerprint density at radius 3 is 2.51 bits per heavy atom. The van der Waals surface area contributed by atoms with E-state index in [0.717, 1.165) is 22.4 Å². The molecule has 2 aromatic carbocycles. The predicted molar refractivity (Wildman–Crippen MR) is 159 cm³/mol. The molecule has 216 valence electrons. The third-order valence-corrected chi connectivity index (χ3v) is 6.57. The summed E-state index contributed by atoms with van der Waals surface area (Å²) in [5.41, 5.74) is 4.06. The summed E-state index contributed by atoms with van der Waals surface area (Å²) in [5.74, 6) is 1.86. The molecule has 11 nitrogen and oxygen atoms in total. The highest BCUT2D eigenvalue weighted by Gasteiger charge is 2.29. The average Bonchev–Trinajstić information content (AvgIpc) is 3.51. The molecule has 1 aliphatic heterocycles. The Bertz CT molecular complexity index is 1480. The van der Waals surface area contributed by atoms with Crippen LogP contribution in [0.1, 0.15) is 25.0 Å². The van der Waals surface area contributed by atoms with Gasteiger partial charge in [0, 0.05) is 49.1 Å². The number of pyridine rings is 1. The number of nitro groups is 1. The number of ether oxygens (including phenoxy) is 3. The van der Waals surface area contributed by atoms with Gasteiger partial charge in [0.25, 0.3) is 0 Å². The van der Waals surface area contributed by atoms with Crippen LogP contribution in [0.4, 0.5) is 17.2 Å². The van der Waals surface area contributed by atoms with Crippen molar-refractivity contribution in [2.75, 3.05) is 50.7 Å². The smallest absolute Gasteiger partial charge is 0.334 e. The molecule has 2 aromatic heterocycles. The van der Waals surface area contributed by atoms with Crippen LogP contribution in [-0.2, 0) is 11.3 Å². The maximum atomic E-state index is 12.4. The highest BCUT2D eigenvalue weighted by molar-refractivity contribution is 5.76. The first kappa shape index (κ1) is 29.3. The van der Waals surface area contributed by atoms with E-state index in [1.54, 1.807) is 31.0 Å². The second-order valence-corrected chi connectivity index (χ2v) is 9.10. The fourth-order valence-corrected chi connectivity index (χ4v) is 4.56. The minimum absolute atomic E-state index is 0.0980. The fraction of sp³-hybridized carbons (Fsp3) is 0.333. The summed E-state index contributed by atoms with van der Waals surface area (Å²) in [4.78, 5) is 18.6. The zero-order valence-corrected chi connectivity index (χ0v) is 24.1. The number of morpholine rings is 1. The van der Waals surface area contributed by atoms with Gasteiger partial charge in [-0.3, -0.25) is 10.1 Å². The van der Waals surface area contributed by atoms with Gasteiger partial charge in [0.1, 0.15) is 17.2 Å². The molecule has 1 N–H and O–H groups in total. The molecule has 0 unspecified atom stereocenters. The summed E-state index contributed by atoms with van der Waals surface area (Å²) in [6.45, 7) is 8.32. The van der Waals surface area contributed by atoms with Crippen molar-refractivity contribution < 1.29 is 19.1 Å². The number of nitrogens with one attached hydrogen (secondary N) is 1. The monoisotopic (exact) mass is 560 g/mol. The molecule has 11 heteroatoms. The van der Waals surface area contributed by atoms with E-state index in [2.05, 4.69) is 16.4 Å². The van der Waals surface area contributed by atoms with Crippen LogP contribution < -0.4 is 19.7 Å². The van der Waals surface area contributed by atoms with E-state index >= 15 is 0 Å². The van der Waals surface area contributed by atoms with E-state index in [9.17, 15) is 10.1 Å².